The van der Waals surface area contributed by atoms with Gasteiger partial charge in [-0.1, -0.05) is 18.2 Å². The summed E-state index contributed by atoms with van der Waals surface area (Å²) in [6, 6.07) is 9.76. The van der Waals surface area contributed by atoms with E-state index in [2.05, 4.69) is 14.7 Å². The number of nitrogens with one attached hydrogen (secondary N) is 1. The summed E-state index contributed by atoms with van der Waals surface area (Å²) in [6.07, 6.45) is 0. The van der Waals surface area contributed by atoms with Gasteiger partial charge in [0.1, 0.15) is 11.6 Å². The molecule has 1 heterocycles. The number of hydrogen-bond donors (Lipinski definition) is 1. The second kappa shape index (κ2) is 4.73. The largest absolute Gasteiger partial charge is 0.263 e. The molecule has 2 rings (SSSR count). The third-order valence-corrected chi connectivity index (χ3v) is 3.63. The SMILES string of the molecule is Cc1cc(NS(=O)(=O)c2ccccc2)nc(C)n1. The van der Waals surface area contributed by atoms with Crippen LogP contribution in [0.5, 0.6) is 0 Å². The van der Waals surface area contributed by atoms with Gasteiger partial charge in [-0.2, -0.15) is 0 Å². The Hall–Kier alpha value is -1.95. The number of sulfonamides is 1. The molecule has 0 fully saturated rings. The Balaban J connectivity index is 2.34. The van der Waals surface area contributed by atoms with E-state index in [-0.39, 0.29) is 10.7 Å². The zero-order valence-electron chi connectivity index (χ0n) is 10.1. The molecule has 0 radical (unpaired) electrons. The van der Waals surface area contributed by atoms with Gasteiger partial charge in [0, 0.05) is 11.8 Å². The molecule has 1 aromatic heterocycles. The Morgan fingerprint density at radius 3 is 2.33 bits per heavy atom. The fourth-order valence-corrected chi connectivity index (χ4v) is 2.58. The molecule has 2 aromatic rings. The monoisotopic (exact) mass is 263 g/mol. The Bertz CT molecular complexity index is 634. The molecular weight excluding hydrogens is 250 g/mol. The molecule has 0 aliphatic heterocycles. The highest BCUT2D eigenvalue weighted by atomic mass is 32.2. The predicted octanol–water partition coefficient (Wildman–Crippen LogP) is 1.89. The Labute approximate surface area is 106 Å². The third-order valence-electron chi connectivity index (χ3n) is 2.26. The molecule has 0 aliphatic carbocycles. The van der Waals surface area contributed by atoms with Gasteiger partial charge < -0.3 is 0 Å². The van der Waals surface area contributed by atoms with Crippen LogP contribution in [0.15, 0.2) is 41.3 Å². The molecule has 0 amide bonds. The number of anilines is 1. The second-order valence-corrected chi connectivity index (χ2v) is 5.54. The molecule has 1 aromatic carbocycles. The van der Waals surface area contributed by atoms with Crippen LogP contribution in [-0.2, 0) is 10.0 Å². The first kappa shape index (κ1) is 12.5. The van der Waals surface area contributed by atoms with E-state index in [1.54, 1.807) is 38.1 Å². The van der Waals surface area contributed by atoms with Crippen molar-refractivity contribution in [2.75, 3.05) is 4.72 Å². The molecule has 0 saturated heterocycles. The fourth-order valence-electron chi connectivity index (χ4n) is 1.57. The van der Waals surface area contributed by atoms with Crippen LogP contribution >= 0.6 is 0 Å². The minimum absolute atomic E-state index is 0.207. The highest BCUT2D eigenvalue weighted by Crippen LogP contribution is 2.14. The van der Waals surface area contributed by atoms with Crippen molar-refractivity contribution in [3.05, 3.63) is 47.9 Å². The average Bonchev–Trinajstić information content (AvgIpc) is 2.28. The van der Waals surface area contributed by atoms with Gasteiger partial charge in [-0.3, -0.25) is 4.72 Å². The topological polar surface area (TPSA) is 72.0 Å². The van der Waals surface area contributed by atoms with Gasteiger partial charge in [0.05, 0.1) is 4.90 Å². The minimum atomic E-state index is -3.59. The van der Waals surface area contributed by atoms with Crippen LogP contribution < -0.4 is 4.72 Å². The van der Waals surface area contributed by atoms with E-state index in [0.717, 1.165) is 0 Å². The molecule has 0 spiro atoms. The maximum atomic E-state index is 12.1. The molecule has 94 valence electrons. The summed E-state index contributed by atoms with van der Waals surface area (Å²) in [5, 5.41) is 0. The fraction of sp³-hybridized carbons (Fsp3) is 0.167. The van der Waals surface area contributed by atoms with Crippen LogP contribution in [0.4, 0.5) is 5.82 Å². The van der Waals surface area contributed by atoms with Crippen molar-refractivity contribution in [1.82, 2.24) is 9.97 Å². The van der Waals surface area contributed by atoms with Crippen molar-refractivity contribution in [3.63, 3.8) is 0 Å². The Morgan fingerprint density at radius 1 is 1.06 bits per heavy atom. The molecule has 0 bridgehead atoms. The highest BCUT2D eigenvalue weighted by Gasteiger charge is 2.14. The normalized spacial score (nSPS) is 11.2. The van der Waals surface area contributed by atoms with Gasteiger partial charge in [-0.25, -0.2) is 18.4 Å². The quantitative estimate of drug-likeness (QED) is 0.918. The summed E-state index contributed by atoms with van der Waals surface area (Å²) in [6.45, 7) is 3.50. The number of rotatable bonds is 3. The van der Waals surface area contributed by atoms with E-state index in [0.29, 0.717) is 11.5 Å². The van der Waals surface area contributed by atoms with Gasteiger partial charge in [0.2, 0.25) is 0 Å². The number of aryl methyl sites for hydroxylation is 2. The summed E-state index contributed by atoms with van der Waals surface area (Å²) in [4.78, 5) is 8.34. The van der Waals surface area contributed by atoms with Crippen molar-refractivity contribution in [2.24, 2.45) is 0 Å². The first-order chi connectivity index (χ1) is 8.47. The number of benzene rings is 1. The van der Waals surface area contributed by atoms with E-state index in [1.807, 2.05) is 0 Å². The molecule has 6 heteroatoms. The molecule has 18 heavy (non-hydrogen) atoms. The third kappa shape index (κ3) is 2.84. The van der Waals surface area contributed by atoms with Gasteiger partial charge >= 0.3 is 0 Å². The molecule has 1 N–H and O–H groups in total. The maximum Gasteiger partial charge on any atom is 0.263 e. The van der Waals surface area contributed by atoms with Crippen LogP contribution in [0.2, 0.25) is 0 Å². The number of aromatic nitrogens is 2. The van der Waals surface area contributed by atoms with Crippen LogP contribution in [0.1, 0.15) is 11.5 Å². The van der Waals surface area contributed by atoms with E-state index in [9.17, 15) is 8.42 Å². The number of hydrogen-bond acceptors (Lipinski definition) is 4. The van der Waals surface area contributed by atoms with Crippen LogP contribution in [0.25, 0.3) is 0 Å². The standard InChI is InChI=1S/C12H13N3O2S/c1-9-8-12(14-10(2)13-9)15-18(16,17)11-6-4-3-5-7-11/h3-8H,1-2H3,(H,13,14,15). The first-order valence-corrected chi connectivity index (χ1v) is 6.86. The van der Waals surface area contributed by atoms with E-state index >= 15 is 0 Å². The van der Waals surface area contributed by atoms with Crippen molar-refractivity contribution in [3.8, 4) is 0 Å². The summed E-state index contributed by atoms with van der Waals surface area (Å²) in [7, 11) is -3.59. The summed E-state index contributed by atoms with van der Waals surface area (Å²) < 4.78 is 26.5. The maximum absolute atomic E-state index is 12.1. The lowest BCUT2D eigenvalue weighted by atomic mass is 10.4. The molecular formula is C12H13N3O2S. The first-order valence-electron chi connectivity index (χ1n) is 5.37. The van der Waals surface area contributed by atoms with Gasteiger partial charge in [-0.15, -0.1) is 0 Å². The summed E-state index contributed by atoms with van der Waals surface area (Å²) in [5.41, 5.74) is 0.716. The van der Waals surface area contributed by atoms with Crippen molar-refractivity contribution >= 4 is 15.8 Å². The summed E-state index contributed by atoms with van der Waals surface area (Å²) in [5.74, 6) is 0.810. The van der Waals surface area contributed by atoms with Crippen molar-refractivity contribution < 1.29 is 8.42 Å². The van der Waals surface area contributed by atoms with Crippen LogP contribution in [0, 0.1) is 13.8 Å². The highest BCUT2D eigenvalue weighted by molar-refractivity contribution is 7.92. The number of nitrogens with zero attached hydrogens (tertiary/aromatic N) is 2. The Morgan fingerprint density at radius 2 is 1.72 bits per heavy atom. The smallest absolute Gasteiger partial charge is 0.263 e. The van der Waals surface area contributed by atoms with Crippen LogP contribution in [-0.4, -0.2) is 18.4 Å². The Kier molecular flexibility index (Phi) is 3.29. The zero-order chi connectivity index (χ0) is 13.2. The second-order valence-electron chi connectivity index (χ2n) is 3.86. The average molecular weight is 263 g/mol. The van der Waals surface area contributed by atoms with Crippen LogP contribution in [0.3, 0.4) is 0 Å². The van der Waals surface area contributed by atoms with E-state index in [1.165, 1.54) is 12.1 Å². The lowest BCUT2D eigenvalue weighted by Crippen LogP contribution is -2.14. The lowest BCUT2D eigenvalue weighted by Gasteiger charge is -2.08. The predicted molar refractivity (Wildman–Crippen MR) is 68.8 cm³/mol. The molecule has 5 nitrogen and oxygen atoms in total. The van der Waals surface area contributed by atoms with Gasteiger partial charge in [0.15, 0.2) is 0 Å². The molecule has 0 atom stereocenters. The summed E-state index contributed by atoms with van der Waals surface area (Å²) >= 11 is 0. The molecule has 0 aliphatic rings. The minimum Gasteiger partial charge on any atom is -0.263 e. The van der Waals surface area contributed by atoms with Gasteiger partial charge in [-0.05, 0) is 26.0 Å². The molecule has 0 unspecified atom stereocenters. The zero-order valence-corrected chi connectivity index (χ0v) is 10.9. The van der Waals surface area contributed by atoms with E-state index < -0.39 is 10.0 Å². The van der Waals surface area contributed by atoms with Crippen molar-refractivity contribution in [1.29, 1.82) is 0 Å². The van der Waals surface area contributed by atoms with Crippen molar-refractivity contribution in [2.45, 2.75) is 18.7 Å². The van der Waals surface area contributed by atoms with E-state index in [4.69, 9.17) is 0 Å². The lowest BCUT2D eigenvalue weighted by molar-refractivity contribution is 0.601. The molecule has 0 saturated carbocycles. The van der Waals surface area contributed by atoms with Gasteiger partial charge in [0.25, 0.3) is 10.0 Å².